The Morgan fingerprint density at radius 1 is 1.00 bits per heavy atom. The van der Waals surface area contributed by atoms with Crippen LogP contribution >= 0.6 is 11.3 Å². The second-order valence-corrected chi connectivity index (χ2v) is 15.7. The number of nitrogens with zero attached hydrogens (tertiary/aromatic N) is 3. The van der Waals surface area contributed by atoms with E-state index in [2.05, 4.69) is 20.5 Å². The third-order valence-electron chi connectivity index (χ3n) is 10.6. The predicted octanol–water partition coefficient (Wildman–Crippen LogP) is 4.93. The van der Waals surface area contributed by atoms with Gasteiger partial charge in [-0.05, 0) is 69.5 Å². The van der Waals surface area contributed by atoms with Crippen molar-refractivity contribution in [3.05, 3.63) is 52.0 Å². The van der Waals surface area contributed by atoms with Crippen molar-refractivity contribution < 1.29 is 33.4 Å². The van der Waals surface area contributed by atoms with Crippen molar-refractivity contribution in [2.75, 3.05) is 27.7 Å². The Kier molecular flexibility index (Phi) is 15.2. The fourth-order valence-electron chi connectivity index (χ4n) is 7.30. The number of ether oxygens (including phenoxy) is 2. The van der Waals surface area contributed by atoms with Crippen LogP contribution in [0.15, 0.2) is 35.7 Å². The van der Waals surface area contributed by atoms with Crippen molar-refractivity contribution in [1.82, 2.24) is 25.4 Å². The molecule has 1 saturated heterocycles. The number of hydrogen-bond acceptors (Lipinski definition) is 10. The molecule has 13 heteroatoms. The maximum atomic E-state index is 14.2. The van der Waals surface area contributed by atoms with Crippen LogP contribution in [-0.2, 0) is 35.1 Å². The number of nitrogens with one attached hydrogen (secondary N) is 2. The summed E-state index contributed by atoms with van der Waals surface area (Å²) in [5.41, 5.74) is 1.18. The molecule has 2 aromatic rings. The zero-order valence-electron chi connectivity index (χ0n) is 31.8. The zero-order chi connectivity index (χ0) is 37.9. The lowest BCUT2D eigenvalue weighted by atomic mass is 9.78. The molecule has 2 aliphatic rings. The fourth-order valence-corrected chi connectivity index (χ4v) is 8.14. The Morgan fingerprint density at radius 2 is 1.71 bits per heavy atom. The highest BCUT2D eigenvalue weighted by Crippen LogP contribution is 2.34. The first kappa shape index (κ1) is 40.9. The Bertz CT molecular complexity index is 1510. The molecule has 4 rings (SSSR count). The number of hydrogen-bond donors (Lipinski definition) is 2. The molecule has 3 amide bonds. The summed E-state index contributed by atoms with van der Waals surface area (Å²) >= 11 is 1.22. The molecule has 1 aromatic heterocycles. The van der Waals surface area contributed by atoms with Gasteiger partial charge in [0.05, 0.1) is 19.1 Å². The lowest BCUT2D eigenvalue weighted by molar-refractivity contribution is -0.149. The number of thiazole rings is 1. The van der Waals surface area contributed by atoms with E-state index in [0.29, 0.717) is 17.8 Å². The Morgan fingerprint density at radius 3 is 2.31 bits per heavy atom. The largest absolute Gasteiger partial charge is 0.469 e. The van der Waals surface area contributed by atoms with Crippen LogP contribution in [0.1, 0.15) is 106 Å². The van der Waals surface area contributed by atoms with Crippen molar-refractivity contribution in [2.24, 2.45) is 17.8 Å². The van der Waals surface area contributed by atoms with Gasteiger partial charge in [0.2, 0.25) is 11.8 Å². The fraction of sp³-hybridized carbons (Fsp3) is 0.641. The molecule has 0 radical (unpaired) electrons. The first-order valence-electron chi connectivity index (χ1n) is 18.6. The van der Waals surface area contributed by atoms with Crippen molar-refractivity contribution in [1.29, 1.82) is 0 Å². The molecule has 1 saturated carbocycles. The standard InChI is InChI=1S/C39H57N5O7S/c1-24(2)32(44(6)38(48)34(28-16-13-17-28)42-36(47)31-18-11-12-19-43(31)5)22-33(51-26(4)45)37-41-30(23-52-37)35(46)40-29(20-25(3)39(49)50-7)21-27-14-9-8-10-15-27/h8-10,14-15,23-25,28-29,31-34H,11-13,16-22H2,1-7H3,(H,40,46)(H,42,47)/t25-,29+,31+,32+,33+,34-/m0/s1. The van der Waals surface area contributed by atoms with E-state index in [9.17, 15) is 24.0 Å². The van der Waals surface area contributed by atoms with Crippen LogP contribution in [0, 0.1) is 17.8 Å². The lowest BCUT2D eigenvalue weighted by Crippen LogP contribution is -2.59. The SMILES string of the molecule is COC(=O)[C@@H](C)C[C@H](Cc1ccccc1)NC(=O)c1csc([C@@H](C[C@H](C(C)C)N(C)C(=O)[C@@H](NC(=O)[C@H]2CCCCN2C)C2CCC2)OC(C)=O)n1. The van der Waals surface area contributed by atoms with Crippen LogP contribution in [-0.4, -0.2) is 96.4 Å². The van der Waals surface area contributed by atoms with Crippen LogP contribution < -0.4 is 10.6 Å². The Hall–Kier alpha value is -3.84. The highest BCUT2D eigenvalue weighted by atomic mass is 32.1. The molecule has 2 N–H and O–H groups in total. The molecule has 0 spiro atoms. The van der Waals surface area contributed by atoms with E-state index >= 15 is 0 Å². The highest BCUT2D eigenvalue weighted by Gasteiger charge is 2.40. The third-order valence-corrected chi connectivity index (χ3v) is 11.5. The van der Waals surface area contributed by atoms with Crippen LogP contribution in [0.3, 0.4) is 0 Å². The smallest absolute Gasteiger partial charge is 0.308 e. The molecular weight excluding hydrogens is 683 g/mol. The van der Waals surface area contributed by atoms with Crippen LogP contribution in [0.2, 0.25) is 0 Å². The number of likely N-dealkylation sites (N-methyl/N-ethyl adjacent to an activating group) is 2. The van der Waals surface area contributed by atoms with Crippen LogP contribution in [0.25, 0.3) is 0 Å². The number of rotatable bonds is 17. The monoisotopic (exact) mass is 739 g/mol. The maximum Gasteiger partial charge on any atom is 0.308 e. The second kappa shape index (κ2) is 19.3. The minimum absolute atomic E-state index is 0.0208. The number of benzene rings is 1. The van der Waals surface area contributed by atoms with Gasteiger partial charge >= 0.3 is 11.9 Å². The molecular formula is C39H57N5O7S. The number of aromatic nitrogens is 1. The normalized spacial score (nSPS) is 19.3. The van der Waals surface area contributed by atoms with Crippen molar-refractivity contribution >= 4 is 41.0 Å². The Balaban J connectivity index is 1.50. The van der Waals surface area contributed by atoms with Crippen molar-refractivity contribution in [3.63, 3.8) is 0 Å². The zero-order valence-corrected chi connectivity index (χ0v) is 32.6. The summed E-state index contributed by atoms with van der Waals surface area (Å²) in [5, 5.41) is 8.27. The minimum atomic E-state index is -0.807. The number of carbonyl (C=O) groups is 5. The van der Waals surface area contributed by atoms with E-state index < -0.39 is 29.9 Å². The molecule has 0 unspecified atom stereocenters. The molecule has 52 heavy (non-hydrogen) atoms. The highest BCUT2D eigenvalue weighted by molar-refractivity contribution is 7.09. The average Bonchev–Trinajstić information content (AvgIpc) is 3.59. The van der Waals surface area contributed by atoms with Crippen LogP contribution in [0.4, 0.5) is 0 Å². The minimum Gasteiger partial charge on any atom is -0.469 e. The van der Waals surface area contributed by atoms with Crippen LogP contribution in [0.5, 0.6) is 0 Å². The average molecular weight is 740 g/mol. The van der Waals surface area contributed by atoms with E-state index in [1.165, 1.54) is 25.4 Å². The lowest BCUT2D eigenvalue weighted by Gasteiger charge is -2.41. The van der Waals surface area contributed by atoms with Gasteiger partial charge in [0.1, 0.15) is 16.7 Å². The number of piperidine rings is 1. The van der Waals surface area contributed by atoms with Gasteiger partial charge in [-0.15, -0.1) is 11.3 Å². The summed E-state index contributed by atoms with van der Waals surface area (Å²) in [6, 6.07) is 8.11. The number of likely N-dealkylation sites (tertiary alicyclic amines) is 1. The number of amides is 3. The van der Waals surface area contributed by atoms with Gasteiger partial charge in [-0.1, -0.05) is 63.9 Å². The molecule has 2 fully saturated rings. The molecule has 1 aromatic carbocycles. The van der Waals surface area contributed by atoms with Gasteiger partial charge in [0.25, 0.3) is 5.91 Å². The Labute approximate surface area is 312 Å². The summed E-state index contributed by atoms with van der Waals surface area (Å²) in [4.78, 5) is 74.2. The van der Waals surface area contributed by atoms with Gasteiger partial charge < -0.3 is 25.0 Å². The van der Waals surface area contributed by atoms with E-state index in [1.807, 2.05) is 51.2 Å². The first-order chi connectivity index (χ1) is 24.8. The van der Waals surface area contributed by atoms with Gasteiger partial charge in [-0.25, -0.2) is 4.98 Å². The first-order valence-corrected chi connectivity index (χ1v) is 19.5. The third kappa shape index (κ3) is 11.1. The van der Waals surface area contributed by atoms with E-state index in [4.69, 9.17) is 9.47 Å². The maximum absolute atomic E-state index is 14.2. The summed E-state index contributed by atoms with van der Waals surface area (Å²) in [6.07, 6.45) is 5.94. The molecule has 0 bridgehead atoms. The molecule has 2 heterocycles. The van der Waals surface area contributed by atoms with Gasteiger partial charge in [0.15, 0.2) is 6.10 Å². The molecule has 12 nitrogen and oxygen atoms in total. The number of esters is 2. The molecule has 286 valence electrons. The van der Waals surface area contributed by atoms with Gasteiger partial charge in [0, 0.05) is 37.9 Å². The molecule has 1 aliphatic heterocycles. The van der Waals surface area contributed by atoms with E-state index in [1.54, 1.807) is 24.3 Å². The van der Waals surface area contributed by atoms with E-state index in [-0.39, 0.29) is 59.9 Å². The van der Waals surface area contributed by atoms with E-state index in [0.717, 1.165) is 50.6 Å². The second-order valence-electron chi connectivity index (χ2n) is 14.9. The van der Waals surface area contributed by atoms with Crippen molar-refractivity contribution in [3.8, 4) is 0 Å². The molecule has 1 aliphatic carbocycles. The summed E-state index contributed by atoms with van der Waals surface area (Å²) in [6.45, 7) is 7.97. The van der Waals surface area contributed by atoms with Gasteiger partial charge in [-0.3, -0.25) is 28.9 Å². The van der Waals surface area contributed by atoms with Crippen molar-refractivity contribution in [2.45, 2.75) is 116 Å². The summed E-state index contributed by atoms with van der Waals surface area (Å²) < 4.78 is 10.7. The quantitative estimate of drug-likeness (QED) is 0.216. The van der Waals surface area contributed by atoms with Gasteiger partial charge in [-0.2, -0.15) is 0 Å². The number of methoxy groups -OCH3 is 1. The summed E-state index contributed by atoms with van der Waals surface area (Å²) in [5.74, 6) is -1.89. The molecule has 6 atom stereocenters. The number of carbonyl (C=O) groups excluding carboxylic acids is 5. The summed E-state index contributed by atoms with van der Waals surface area (Å²) in [7, 11) is 5.06. The topological polar surface area (TPSA) is 147 Å². The predicted molar refractivity (Wildman–Crippen MR) is 199 cm³/mol.